The van der Waals surface area contributed by atoms with Crippen LogP contribution in [0.15, 0.2) is 82.3 Å². The lowest BCUT2D eigenvalue weighted by Crippen LogP contribution is -2.68. The third-order valence-electron chi connectivity index (χ3n) is 8.74. The number of hydrogen-bond donors (Lipinski definition) is 3. The normalized spacial score (nSPS) is 19.2. The lowest BCUT2D eigenvalue weighted by molar-refractivity contribution is -0.179. The van der Waals surface area contributed by atoms with E-state index in [0.717, 1.165) is 34.1 Å². The summed E-state index contributed by atoms with van der Waals surface area (Å²) in [6.45, 7) is 12.5. The largest absolute Gasteiger partial charge is 0.457 e. The van der Waals surface area contributed by atoms with Gasteiger partial charge in [0.05, 0.1) is 6.54 Å². The number of carbonyl (C=O) groups excluding carboxylic acids is 5. The Labute approximate surface area is 352 Å². The number of hydrogen-bond acceptors (Lipinski definition) is 16. The van der Waals surface area contributed by atoms with Gasteiger partial charge >= 0.3 is 23.7 Å². The Hall–Kier alpha value is -6.22. The van der Waals surface area contributed by atoms with Crippen molar-refractivity contribution in [3.63, 3.8) is 0 Å². The third-order valence-corrected chi connectivity index (χ3v) is 11.1. The van der Waals surface area contributed by atoms with E-state index >= 15 is 0 Å². The second kappa shape index (κ2) is 16.4. The maximum absolute atomic E-state index is 14.6. The molecule has 0 bridgehead atoms. The molecule has 0 unspecified atom stereocenters. The summed E-state index contributed by atoms with van der Waals surface area (Å²) in [6.07, 6.45) is -0.683. The Morgan fingerprint density at radius 3 is 2.07 bits per heavy atom. The van der Waals surface area contributed by atoms with Crippen LogP contribution in [0.1, 0.15) is 78.3 Å². The number of nitrogens with zero attached hydrogens (tertiary/aromatic N) is 6. The molecule has 2 fully saturated rings. The summed E-state index contributed by atoms with van der Waals surface area (Å²) in [5.41, 5.74) is -3.50. The van der Waals surface area contributed by atoms with Gasteiger partial charge in [-0.25, -0.2) is 24.2 Å². The standard InChI is InChI=1S/C39H45N9O10S2/c1-36(2,3)56-31(51)38(7,8)58-45-25(24-19-59-33(42-24)44-34(53)57-37(4,5)6)28(49)43-26-29(50)46-20-39(60-30(26)46,48-35(54)47(40)21-41-48)32(52)55-27(22-15-11-9-12-16-22)23-17-13-10-14-18-23/h9-19,21,26-27,30H,20,40H2,1-8H3,(H,43,49)(H,42,44,53)/b45-25-/t26-,30-,39-/m1/s1. The number of nitrogen functional groups attached to an aromatic ring is 1. The monoisotopic (exact) mass is 863 g/mol. The van der Waals surface area contributed by atoms with Crippen molar-refractivity contribution in [2.45, 2.75) is 94.6 Å². The van der Waals surface area contributed by atoms with Crippen LogP contribution in [0.5, 0.6) is 0 Å². The zero-order chi connectivity index (χ0) is 43.8. The highest BCUT2D eigenvalue weighted by Gasteiger charge is 2.65. The number of nitrogens with two attached hydrogens (primary N) is 1. The minimum atomic E-state index is -1.95. The molecule has 0 radical (unpaired) electrons. The average molecular weight is 864 g/mol. The maximum Gasteiger partial charge on any atom is 0.413 e. The highest BCUT2D eigenvalue weighted by atomic mass is 32.2. The van der Waals surface area contributed by atoms with E-state index in [4.69, 9.17) is 24.9 Å². The van der Waals surface area contributed by atoms with Gasteiger partial charge < -0.3 is 35.1 Å². The zero-order valence-electron chi connectivity index (χ0n) is 34.0. The number of β-lactam (4-membered cyclic amide) rings is 1. The van der Waals surface area contributed by atoms with Gasteiger partial charge in [0.1, 0.15) is 34.6 Å². The van der Waals surface area contributed by atoms with Crippen LogP contribution < -0.4 is 22.2 Å². The van der Waals surface area contributed by atoms with Gasteiger partial charge in [-0.15, -0.1) is 11.3 Å². The molecule has 60 heavy (non-hydrogen) atoms. The van der Waals surface area contributed by atoms with Crippen molar-refractivity contribution < 1.29 is 43.0 Å². The third kappa shape index (κ3) is 9.31. The van der Waals surface area contributed by atoms with E-state index in [0.29, 0.717) is 15.8 Å². The van der Waals surface area contributed by atoms with Crippen molar-refractivity contribution in [1.29, 1.82) is 0 Å². The number of oxime groups is 1. The Balaban J connectivity index is 1.29. The van der Waals surface area contributed by atoms with Crippen LogP contribution in [0.25, 0.3) is 0 Å². The number of amides is 3. The second-order valence-corrected chi connectivity index (χ2v) is 18.5. The molecule has 4 aromatic rings. The first-order chi connectivity index (χ1) is 28.1. The maximum atomic E-state index is 14.6. The molecule has 3 amide bonds. The first-order valence-electron chi connectivity index (χ1n) is 18.6. The number of thiazole rings is 1. The molecule has 0 spiro atoms. The molecule has 4 N–H and O–H groups in total. The zero-order valence-corrected chi connectivity index (χ0v) is 35.7. The molecule has 4 heterocycles. The molecule has 2 aliphatic heterocycles. The number of ether oxygens (including phenoxy) is 3. The van der Waals surface area contributed by atoms with Gasteiger partial charge in [0.15, 0.2) is 16.9 Å². The summed E-state index contributed by atoms with van der Waals surface area (Å²) < 4.78 is 18.5. The summed E-state index contributed by atoms with van der Waals surface area (Å²) in [6, 6.07) is 16.7. The molecule has 6 rings (SSSR count). The predicted octanol–water partition coefficient (Wildman–Crippen LogP) is 3.49. The Morgan fingerprint density at radius 1 is 0.917 bits per heavy atom. The van der Waals surface area contributed by atoms with E-state index in [2.05, 4.69) is 25.9 Å². The molecule has 2 aromatic carbocycles. The summed E-state index contributed by atoms with van der Waals surface area (Å²) in [5.74, 6) is 2.60. The molecule has 2 aliphatic rings. The predicted molar refractivity (Wildman–Crippen MR) is 220 cm³/mol. The Morgan fingerprint density at radius 2 is 1.52 bits per heavy atom. The van der Waals surface area contributed by atoms with Gasteiger partial charge in [-0.3, -0.25) is 14.9 Å². The van der Waals surface area contributed by atoms with Crippen molar-refractivity contribution in [3.05, 3.63) is 99.7 Å². The van der Waals surface area contributed by atoms with Gasteiger partial charge in [-0.1, -0.05) is 77.6 Å². The smallest absolute Gasteiger partial charge is 0.413 e. The van der Waals surface area contributed by atoms with Gasteiger partial charge in [0.2, 0.25) is 16.4 Å². The fraction of sp³-hybridized carbons (Fsp3) is 0.410. The Kier molecular flexibility index (Phi) is 11.9. The number of anilines is 1. The number of esters is 2. The second-order valence-electron chi connectivity index (χ2n) is 16.3. The number of aromatic nitrogens is 4. The van der Waals surface area contributed by atoms with Crippen LogP contribution in [-0.2, 0) is 43.1 Å². The van der Waals surface area contributed by atoms with Gasteiger partial charge in [-0.2, -0.15) is 14.5 Å². The topological polar surface area (TPSA) is 241 Å². The van der Waals surface area contributed by atoms with E-state index < -0.39 is 80.4 Å². The number of nitrogens with one attached hydrogen (secondary N) is 2. The number of fused-ring (bicyclic) bond motifs is 1. The number of benzene rings is 2. The number of rotatable bonds is 12. The summed E-state index contributed by atoms with van der Waals surface area (Å²) >= 11 is 1.82. The minimum absolute atomic E-state index is 0.0424. The van der Waals surface area contributed by atoms with E-state index in [-0.39, 0.29) is 17.4 Å². The molecular weight excluding hydrogens is 819 g/mol. The van der Waals surface area contributed by atoms with E-state index in [1.54, 1.807) is 90.1 Å². The van der Waals surface area contributed by atoms with E-state index in [9.17, 15) is 28.8 Å². The van der Waals surface area contributed by atoms with Crippen LogP contribution in [-0.4, -0.2) is 94.7 Å². The molecule has 0 aliphatic carbocycles. The molecule has 0 saturated carbocycles. The summed E-state index contributed by atoms with van der Waals surface area (Å²) in [5, 5.41) is 13.8. The van der Waals surface area contributed by atoms with Gasteiger partial charge in [0, 0.05) is 5.38 Å². The van der Waals surface area contributed by atoms with E-state index in [1.807, 2.05) is 12.1 Å². The summed E-state index contributed by atoms with van der Waals surface area (Å²) in [4.78, 5) is 90.7. The first-order valence-corrected chi connectivity index (χ1v) is 20.3. The number of thioether (sulfide) groups is 1. The van der Waals surface area contributed by atoms with Crippen molar-refractivity contribution in [2.75, 3.05) is 17.7 Å². The molecule has 2 saturated heterocycles. The molecule has 318 valence electrons. The van der Waals surface area contributed by atoms with Crippen LogP contribution in [0.4, 0.5) is 9.93 Å². The summed E-state index contributed by atoms with van der Waals surface area (Å²) in [7, 11) is 0. The van der Waals surface area contributed by atoms with Gasteiger partial charge in [-0.05, 0) is 66.5 Å². The molecule has 21 heteroatoms. The Bertz CT molecular complexity index is 2330. The highest BCUT2D eigenvalue weighted by molar-refractivity contribution is 8.01. The fourth-order valence-corrected chi connectivity index (χ4v) is 8.22. The van der Waals surface area contributed by atoms with Crippen LogP contribution in [0.2, 0.25) is 0 Å². The van der Waals surface area contributed by atoms with E-state index in [1.165, 1.54) is 24.1 Å². The molecule has 3 atom stereocenters. The quantitative estimate of drug-likeness (QED) is 0.0462. The SMILES string of the molecule is CC(C)(C)OC(=O)Nc1nc(/C(=N/OC(C)(C)C(=O)OC(C)(C)C)C(=O)N[C@@H]2C(=O)N3C[C@@](C(=O)OC(c4ccccc4)c4ccccc4)(n4ncn(N)c4=O)S[C@H]23)cs1. The molecule has 2 aromatic heterocycles. The van der Waals surface area contributed by atoms with Crippen LogP contribution >= 0.6 is 23.1 Å². The average Bonchev–Trinajstić information content (AvgIpc) is 3.88. The fourth-order valence-electron chi connectivity index (χ4n) is 5.93. The van der Waals surface area contributed by atoms with Crippen LogP contribution in [0.3, 0.4) is 0 Å². The molecular formula is C39H45N9O10S2. The van der Waals surface area contributed by atoms with Crippen molar-refractivity contribution >= 4 is 63.8 Å². The van der Waals surface area contributed by atoms with Gasteiger partial charge in [0.25, 0.3) is 5.91 Å². The van der Waals surface area contributed by atoms with Crippen molar-refractivity contribution in [3.8, 4) is 0 Å². The first kappa shape index (κ1) is 43.4. The minimum Gasteiger partial charge on any atom is -0.457 e. The molecule has 19 nitrogen and oxygen atoms in total. The highest BCUT2D eigenvalue weighted by Crippen LogP contribution is 2.50. The van der Waals surface area contributed by atoms with Crippen LogP contribution in [0, 0.1) is 0 Å². The number of carbonyl (C=O) groups is 5. The lowest BCUT2D eigenvalue weighted by Gasteiger charge is -2.41. The van der Waals surface area contributed by atoms with Crippen molar-refractivity contribution in [2.24, 2.45) is 5.16 Å². The lowest BCUT2D eigenvalue weighted by atomic mass is 10.0. The van der Waals surface area contributed by atoms with Crippen molar-refractivity contribution in [1.82, 2.24) is 29.7 Å².